The van der Waals surface area contributed by atoms with Crippen LogP contribution in [0.4, 0.5) is 0 Å². The van der Waals surface area contributed by atoms with Crippen molar-refractivity contribution in [2.24, 2.45) is 5.92 Å². The molecule has 1 fully saturated rings. The standard InChI is InChI=1S/C10H19NO/c1-9(2)7-12-8-10-3-5-11-6-4-10/h10-11H,1,3-8H2,2H3. The SMILES string of the molecule is C=C(C)COCC1CCNCC1. The maximum atomic E-state index is 5.51. The molecule has 70 valence electrons. The number of ether oxygens (including phenoxy) is 1. The zero-order valence-electron chi connectivity index (χ0n) is 7.94. The molecule has 1 aliphatic rings. The summed E-state index contributed by atoms with van der Waals surface area (Å²) in [5.74, 6) is 0.769. The fourth-order valence-corrected chi connectivity index (χ4v) is 1.45. The predicted octanol–water partition coefficient (Wildman–Crippen LogP) is 1.58. The van der Waals surface area contributed by atoms with Crippen LogP contribution in [0.25, 0.3) is 0 Å². The highest BCUT2D eigenvalue weighted by Gasteiger charge is 2.12. The van der Waals surface area contributed by atoms with Gasteiger partial charge in [0.25, 0.3) is 0 Å². The van der Waals surface area contributed by atoms with Crippen LogP contribution >= 0.6 is 0 Å². The second-order valence-electron chi connectivity index (χ2n) is 3.67. The molecule has 2 nitrogen and oxygen atoms in total. The first kappa shape index (κ1) is 9.75. The van der Waals surface area contributed by atoms with Gasteiger partial charge in [-0.15, -0.1) is 0 Å². The van der Waals surface area contributed by atoms with E-state index >= 15 is 0 Å². The molecule has 0 amide bonds. The molecule has 0 bridgehead atoms. The molecule has 12 heavy (non-hydrogen) atoms. The van der Waals surface area contributed by atoms with E-state index < -0.39 is 0 Å². The van der Waals surface area contributed by atoms with E-state index in [2.05, 4.69) is 11.9 Å². The lowest BCUT2D eigenvalue weighted by atomic mass is 9.99. The van der Waals surface area contributed by atoms with Crippen LogP contribution in [0.15, 0.2) is 12.2 Å². The molecule has 1 rings (SSSR count). The van der Waals surface area contributed by atoms with Crippen LogP contribution in [0.2, 0.25) is 0 Å². The molecule has 0 aromatic heterocycles. The van der Waals surface area contributed by atoms with E-state index in [1.54, 1.807) is 0 Å². The average Bonchev–Trinajstić information content (AvgIpc) is 2.05. The quantitative estimate of drug-likeness (QED) is 0.645. The van der Waals surface area contributed by atoms with Crippen molar-refractivity contribution in [3.05, 3.63) is 12.2 Å². The first-order chi connectivity index (χ1) is 5.79. The Bertz CT molecular complexity index is 139. The molecule has 0 spiro atoms. The van der Waals surface area contributed by atoms with Crippen LogP contribution in [0.3, 0.4) is 0 Å². The van der Waals surface area contributed by atoms with Crippen molar-refractivity contribution >= 4 is 0 Å². The minimum Gasteiger partial charge on any atom is -0.377 e. The molecule has 1 saturated heterocycles. The summed E-state index contributed by atoms with van der Waals surface area (Å²) in [6, 6.07) is 0. The van der Waals surface area contributed by atoms with Crippen molar-refractivity contribution < 1.29 is 4.74 Å². The molecular formula is C10H19NO. The van der Waals surface area contributed by atoms with Crippen molar-refractivity contribution in [1.29, 1.82) is 0 Å². The second-order valence-corrected chi connectivity index (χ2v) is 3.67. The van der Waals surface area contributed by atoms with E-state index in [9.17, 15) is 0 Å². The Balaban J connectivity index is 2.01. The maximum Gasteiger partial charge on any atom is 0.0671 e. The zero-order chi connectivity index (χ0) is 8.81. The Morgan fingerprint density at radius 3 is 2.75 bits per heavy atom. The molecule has 0 radical (unpaired) electrons. The lowest BCUT2D eigenvalue weighted by molar-refractivity contribution is 0.104. The first-order valence-corrected chi connectivity index (χ1v) is 4.72. The molecule has 1 heterocycles. The summed E-state index contributed by atoms with van der Waals surface area (Å²) in [5, 5.41) is 3.34. The van der Waals surface area contributed by atoms with Gasteiger partial charge in [-0.1, -0.05) is 12.2 Å². The maximum absolute atomic E-state index is 5.51. The first-order valence-electron chi connectivity index (χ1n) is 4.72. The third kappa shape index (κ3) is 3.88. The molecule has 1 aliphatic heterocycles. The van der Waals surface area contributed by atoms with E-state index in [4.69, 9.17) is 4.74 Å². The molecule has 2 heteroatoms. The molecule has 0 aromatic carbocycles. The van der Waals surface area contributed by atoms with Crippen LogP contribution in [0.5, 0.6) is 0 Å². The van der Waals surface area contributed by atoms with Gasteiger partial charge in [-0.3, -0.25) is 0 Å². The van der Waals surface area contributed by atoms with Gasteiger partial charge in [0.15, 0.2) is 0 Å². The Labute approximate surface area is 75.0 Å². The second kappa shape index (κ2) is 5.33. The Hall–Kier alpha value is -0.340. The summed E-state index contributed by atoms with van der Waals surface area (Å²) in [6.07, 6.45) is 2.52. The van der Waals surface area contributed by atoms with Crippen LogP contribution in [-0.2, 0) is 4.74 Å². The van der Waals surface area contributed by atoms with Gasteiger partial charge in [-0.2, -0.15) is 0 Å². The van der Waals surface area contributed by atoms with Gasteiger partial charge < -0.3 is 10.1 Å². The Kier molecular flexibility index (Phi) is 4.33. The van der Waals surface area contributed by atoms with Crippen molar-refractivity contribution in [2.45, 2.75) is 19.8 Å². The third-order valence-electron chi connectivity index (χ3n) is 2.16. The number of nitrogens with one attached hydrogen (secondary N) is 1. The fraction of sp³-hybridized carbons (Fsp3) is 0.800. The Morgan fingerprint density at radius 1 is 1.50 bits per heavy atom. The largest absolute Gasteiger partial charge is 0.377 e. The van der Waals surface area contributed by atoms with Crippen LogP contribution in [0.1, 0.15) is 19.8 Å². The van der Waals surface area contributed by atoms with Crippen molar-refractivity contribution in [3.63, 3.8) is 0 Å². The molecule has 0 atom stereocenters. The number of hydrogen-bond donors (Lipinski definition) is 1. The van der Waals surface area contributed by atoms with Crippen LogP contribution in [-0.4, -0.2) is 26.3 Å². The molecule has 1 N–H and O–H groups in total. The highest BCUT2D eigenvalue weighted by Crippen LogP contribution is 2.11. The highest BCUT2D eigenvalue weighted by molar-refractivity contribution is 4.87. The Morgan fingerprint density at radius 2 is 2.17 bits per heavy atom. The smallest absolute Gasteiger partial charge is 0.0671 e. The average molecular weight is 169 g/mol. The molecule has 0 aliphatic carbocycles. The number of piperidine rings is 1. The van der Waals surface area contributed by atoms with Gasteiger partial charge in [-0.05, 0) is 38.8 Å². The van der Waals surface area contributed by atoms with Crippen molar-refractivity contribution in [3.8, 4) is 0 Å². The van der Waals surface area contributed by atoms with E-state index in [1.807, 2.05) is 6.92 Å². The third-order valence-corrected chi connectivity index (χ3v) is 2.16. The van der Waals surface area contributed by atoms with Crippen molar-refractivity contribution in [2.75, 3.05) is 26.3 Å². The van der Waals surface area contributed by atoms with Gasteiger partial charge in [0.05, 0.1) is 6.61 Å². The lowest BCUT2D eigenvalue weighted by Crippen LogP contribution is -2.30. The lowest BCUT2D eigenvalue weighted by Gasteiger charge is -2.22. The molecule has 0 unspecified atom stereocenters. The minimum atomic E-state index is 0.726. The highest BCUT2D eigenvalue weighted by atomic mass is 16.5. The molecule has 0 aromatic rings. The van der Waals surface area contributed by atoms with E-state index in [1.165, 1.54) is 12.8 Å². The van der Waals surface area contributed by atoms with Crippen LogP contribution in [0, 0.1) is 5.92 Å². The van der Waals surface area contributed by atoms with Crippen LogP contribution < -0.4 is 5.32 Å². The van der Waals surface area contributed by atoms with E-state index in [-0.39, 0.29) is 0 Å². The topological polar surface area (TPSA) is 21.3 Å². The summed E-state index contributed by atoms with van der Waals surface area (Å²) < 4.78 is 5.51. The molecular weight excluding hydrogens is 150 g/mol. The van der Waals surface area contributed by atoms with E-state index in [0.29, 0.717) is 0 Å². The summed E-state index contributed by atoms with van der Waals surface area (Å²) in [7, 11) is 0. The zero-order valence-corrected chi connectivity index (χ0v) is 7.94. The van der Waals surface area contributed by atoms with Gasteiger partial charge in [-0.25, -0.2) is 0 Å². The van der Waals surface area contributed by atoms with E-state index in [0.717, 1.165) is 37.8 Å². The van der Waals surface area contributed by atoms with Crippen molar-refractivity contribution in [1.82, 2.24) is 5.32 Å². The summed E-state index contributed by atoms with van der Waals surface area (Å²) in [6.45, 7) is 9.75. The fourth-order valence-electron chi connectivity index (χ4n) is 1.45. The normalized spacial score (nSPS) is 19.4. The monoisotopic (exact) mass is 169 g/mol. The summed E-state index contributed by atoms with van der Waals surface area (Å²) in [4.78, 5) is 0. The van der Waals surface area contributed by atoms with Gasteiger partial charge in [0, 0.05) is 6.61 Å². The van der Waals surface area contributed by atoms with Gasteiger partial charge >= 0.3 is 0 Å². The summed E-state index contributed by atoms with van der Waals surface area (Å²) >= 11 is 0. The minimum absolute atomic E-state index is 0.726. The predicted molar refractivity (Wildman–Crippen MR) is 51.2 cm³/mol. The van der Waals surface area contributed by atoms with Gasteiger partial charge in [0.1, 0.15) is 0 Å². The number of rotatable bonds is 4. The van der Waals surface area contributed by atoms with Gasteiger partial charge in [0.2, 0.25) is 0 Å². The summed E-state index contributed by atoms with van der Waals surface area (Å²) in [5.41, 5.74) is 1.11. The molecule has 0 saturated carbocycles. The number of hydrogen-bond acceptors (Lipinski definition) is 2.